The first-order valence-electron chi connectivity index (χ1n) is 15.4. The Hall–Kier alpha value is -4.14. The van der Waals surface area contributed by atoms with Crippen LogP contribution in [0.15, 0.2) is 102 Å². The molecule has 4 rings (SSSR count). The fourth-order valence-corrected chi connectivity index (χ4v) is 6.64. The van der Waals surface area contributed by atoms with Crippen molar-refractivity contribution in [2.75, 3.05) is 10.8 Å². The molecule has 7 nitrogen and oxygen atoms in total. The number of nitrogens with one attached hydrogen (secondary N) is 1. The number of amides is 2. The van der Waals surface area contributed by atoms with Crippen LogP contribution < -0.4 is 9.62 Å². The summed E-state index contributed by atoms with van der Waals surface area (Å²) >= 11 is 6.08. The van der Waals surface area contributed by atoms with E-state index < -0.39 is 28.5 Å². The van der Waals surface area contributed by atoms with Crippen molar-refractivity contribution in [2.45, 2.75) is 71.0 Å². The zero-order valence-electron chi connectivity index (χ0n) is 27.0. The van der Waals surface area contributed by atoms with Crippen LogP contribution in [0.3, 0.4) is 0 Å². The van der Waals surface area contributed by atoms with Gasteiger partial charge < -0.3 is 10.2 Å². The zero-order valence-corrected chi connectivity index (χ0v) is 28.6. The molecule has 0 aromatic heterocycles. The number of aryl methyl sites for hydroxylation is 3. The number of carbonyl (C=O) groups is 2. The van der Waals surface area contributed by atoms with Crippen molar-refractivity contribution in [1.82, 2.24) is 10.2 Å². The van der Waals surface area contributed by atoms with Crippen LogP contribution in [0, 0.1) is 20.8 Å². The Bertz CT molecular complexity index is 1760. The molecule has 0 fully saturated rings. The van der Waals surface area contributed by atoms with Gasteiger partial charge in [-0.05, 0) is 98.3 Å². The Morgan fingerprint density at radius 2 is 1.48 bits per heavy atom. The van der Waals surface area contributed by atoms with Crippen LogP contribution >= 0.6 is 11.6 Å². The van der Waals surface area contributed by atoms with Gasteiger partial charge in [-0.15, -0.1) is 0 Å². The number of sulfonamides is 1. The Kier molecular flexibility index (Phi) is 11.7. The zero-order chi connectivity index (χ0) is 33.4. The molecular formula is C37H42ClN3O4S. The van der Waals surface area contributed by atoms with E-state index in [-0.39, 0.29) is 29.8 Å². The maximum Gasteiger partial charge on any atom is 0.264 e. The third-order valence-corrected chi connectivity index (χ3v) is 10.4. The summed E-state index contributed by atoms with van der Waals surface area (Å²) in [6.07, 6.45) is 0.976. The summed E-state index contributed by atoms with van der Waals surface area (Å²) in [6, 6.07) is 27.4. The molecular weight excluding hydrogens is 618 g/mol. The number of nitrogens with zero attached hydrogens (tertiary/aromatic N) is 2. The van der Waals surface area contributed by atoms with E-state index in [1.165, 1.54) is 29.2 Å². The third-order valence-electron chi connectivity index (χ3n) is 8.33. The standard InChI is InChI=1S/C37H42ClN3O4S/c1-6-29(5)39-37(43)35(23-30-13-8-7-9-14-30)40(24-31-15-11-10-12-27(31)3)36(42)25-41(33-19-16-26(2)28(4)22-33)46(44,45)34-20-17-32(38)18-21-34/h7-22,29,35H,6,23-25H2,1-5H3,(H,39,43)/t29-,35+/m1/s1. The Labute approximate surface area is 278 Å². The summed E-state index contributed by atoms with van der Waals surface area (Å²) < 4.78 is 29.6. The van der Waals surface area contributed by atoms with Gasteiger partial charge in [0.05, 0.1) is 10.6 Å². The highest BCUT2D eigenvalue weighted by atomic mass is 35.5. The normalized spacial score (nSPS) is 12.7. The van der Waals surface area contributed by atoms with Crippen LogP contribution in [-0.2, 0) is 32.6 Å². The largest absolute Gasteiger partial charge is 0.352 e. The number of carbonyl (C=O) groups excluding carboxylic acids is 2. The molecule has 0 spiro atoms. The van der Waals surface area contributed by atoms with Gasteiger partial charge in [-0.1, -0.05) is 79.2 Å². The SMILES string of the molecule is CC[C@@H](C)NC(=O)[C@H](Cc1ccccc1)N(Cc1ccccc1C)C(=O)CN(c1ccc(C)c(C)c1)S(=O)(=O)c1ccc(Cl)cc1. The smallest absolute Gasteiger partial charge is 0.264 e. The minimum absolute atomic E-state index is 0.00345. The average Bonchev–Trinajstić information content (AvgIpc) is 3.04. The van der Waals surface area contributed by atoms with Gasteiger partial charge in [0.15, 0.2) is 0 Å². The third kappa shape index (κ3) is 8.56. The van der Waals surface area contributed by atoms with Gasteiger partial charge in [-0.3, -0.25) is 13.9 Å². The monoisotopic (exact) mass is 659 g/mol. The summed E-state index contributed by atoms with van der Waals surface area (Å²) in [7, 11) is -4.21. The summed E-state index contributed by atoms with van der Waals surface area (Å²) in [4.78, 5) is 30.1. The van der Waals surface area contributed by atoms with E-state index in [0.717, 1.165) is 38.5 Å². The maximum absolute atomic E-state index is 14.6. The molecule has 242 valence electrons. The molecule has 46 heavy (non-hydrogen) atoms. The lowest BCUT2D eigenvalue weighted by Gasteiger charge is -2.34. The van der Waals surface area contributed by atoms with Crippen molar-refractivity contribution in [1.29, 1.82) is 0 Å². The predicted molar refractivity (Wildman–Crippen MR) is 185 cm³/mol. The molecule has 2 amide bonds. The molecule has 0 heterocycles. The molecule has 4 aromatic carbocycles. The van der Waals surface area contributed by atoms with Crippen LogP contribution in [-0.4, -0.2) is 43.8 Å². The van der Waals surface area contributed by atoms with Crippen LogP contribution in [0.4, 0.5) is 5.69 Å². The fourth-order valence-electron chi connectivity index (χ4n) is 5.11. The molecule has 0 aliphatic heterocycles. The highest BCUT2D eigenvalue weighted by Gasteiger charge is 2.35. The number of benzene rings is 4. The minimum atomic E-state index is -4.21. The number of hydrogen-bond acceptors (Lipinski definition) is 4. The quantitative estimate of drug-likeness (QED) is 0.167. The van der Waals surface area contributed by atoms with E-state index in [1.807, 2.05) is 95.3 Å². The first-order chi connectivity index (χ1) is 21.9. The van der Waals surface area contributed by atoms with Crippen molar-refractivity contribution in [3.8, 4) is 0 Å². The summed E-state index contributed by atoms with van der Waals surface area (Å²) in [5.74, 6) is -0.794. The number of hydrogen-bond donors (Lipinski definition) is 1. The van der Waals surface area contributed by atoms with Gasteiger partial charge in [0.1, 0.15) is 12.6 Å². The molecule has 2 atom stereocenters. The lowest BCUT2D eigenvalue weighted by molar-refractivity contribution is -0.140. The van der Waals surface area contributed by atoms with Crippen molar-refractivity contribution in [3.63, 3.8) is 0 Å². The highest BCUT2D eigenvalue weighted by molar-refractivity contribution is 7.92. The number of rotatable bonds is 13. The second-order valence-corrected chi connectivity index (χ2v) is 14.0. The van der Waals surface area contributed by atoms with E-state index in [2.05, 4.69) is 5.32 Å². The molecule has 0 bridgehead atoms. The number of anilines is 1. The molecule has 0 radical (unpaired) electrons. The lowest BCUT2D eigenvalue weighted by Crippen LogP contribution is -2.54. The van der Waals surface area contributed by atoms with Crippen molar-refractivity contribution >= 4 is 39.1 Å². The second kappa shape index (κ2) is 15.4. The molecule has 0 unspecified atom stereocenters. The van der Waals surface area contributed by atoms with E-state index >= 15 is 0 Å². The van der Waals surface area contributed by atoms with Gasteiger partial charge in [-0.25, -0.2) is 8.42 Å². The van der Waals surface area contributed by atoms with Gasteiger partial charge in [0.25, 0.3) is 10.0 Å². The van der Waals surface area contributed by atoms with Gasteiger partial charge >= 0.3 is 0 Å². The molecule has 0 saturated heterocycles. The molecule has 0 saturated carbocycles. The van der Waals surface area contributed by atoms with E-state index in [4.69, 9.17) is 11.6 Å². The van der Waals surface area contributed by atoms with Crippen LogP contribution in [0.2, 0.25) is 5.02 Å². The Balaban J connectivity index is 1.83. The van der Waals surface area contributed by atoms with E-state index in [9.17, 15) is 18.0 Å². The van der Waals surface area contributed by atoms with E-state index in [1.54, 1.807) is 12.1 Å². The summed E-state index contributed by atoms with van der Waals surface area (Å²) in [6.45, 7) is 9.31. The Morgan fingerprint density at radius 3 is 2.11 bits per heavy atom. The molecule has 0 aliphatic carbocycles. The summed E-state index contributed by atoms with van der Waals surface area (Å²) in [5, 5.41) is 3.47. The van der Waals surface area contributed by atoms with Crippen molar-refractivity contribution < 1.29 is 18.0 Å². The lowest BCUT2D eigenvalue weighted by atomic mass is 10.0. The second-order valence-electron chi connectivity index (χ2n) is 11.7. The average molecular weight is 660 g/mol. The van der Waals surface area contributed by atoms with Gasteiger partial charge in [0.2, 0.25) is 11.8 Å². The highest BCUT2D eigenvalue weighted by Crippen LogP contribution is 2.28. The fraction of sp³-hybridized carbons (Fsp3) is 0.297. The van der Waals surface area contributed by atoms with Crippen LogP contribution in [0.25, 0.3) is 0 Å². The molecule has 4 aromatic rings. The van der Waals surface area contributed by atoms with Crippen LogP contribution in [0.5, 0.6) is 0 Å². The van der Waals surface area contributed by atoms with Crippen LogP contribution in [0.1, 0.15) is 48.1 Å². The predicted octanol–water partition coefficient (Wildman–Crippen LogP) is 7.02. The topological polar surface area (TPSA) is 86.8 Å². The minimum Gasteiger partial charge on any atom is -0.352 e. The maximum atomic E-state index is 14.6. The number of halogens is 1. The molecule has 1 N–H and O–H groups in total. The van der Waals surface area contributed by atoms with Crippen molar-refractivity contribution in [3.05, 3.63) is 130 Å². The summed E-state index contributed by atoms with van der Waals surface area (Å²) in [5.41, 5.74) is 4.93. The molecule has 9 heteroatoms. The van der Waals surface area contributed by atoms with Crippen molar-refractivity contribution in [2.24, 2.45) is 0 Å². The molecule has 0 aliphatic rings. The first-order valence-corrected chi connectivity index (χ1v) is 17.3. The van der Waals surface area contributed by atoms with Gasteiger partial charge in [0, 0.05) is 24.0 Å². The first kappa shape index (κ1) is 34.7. The van der Waals surface area contributed by atoms with Gasteiger partial charge in [-0.2, -0.15) is 0 Å². The van der Waals surface area contributed by atoms with E-state index in [0.29, 0.717) is 10.7 Å². The Morgan fingerprint density at radius 1 is 0.826 bits per heavy atom.